The van der Waals surface area contributed by atoms with Crippen molar-refractivity contribution in [3.05, 3.63) is 38.3 Å². The minimum Gasteiger partial charge on any atom is -0.344 e. The number of hydrogen-bond donors (Lipinski definition) is 1. The topological polar surface area (TPSA) is 46.9 Å². The van der Waals surface area contributed by atoms with Crippen LogP contribution in [0.25, 0.3) is 0 Å². The van der Waals surface area contributed by atoms with Gasteiger partial charge < -0.3 is 5.32 Å². The third kappa shape index (κ3) is 2.47. The Labute approximate surface area is 123 Å². The highest BCUT2D eigenvalue weighted by atomic mass is 79.9. The Morgan fingerprint density at radius 2 is 2.42 bits per heavy atom. The van der Waals surface area contributed by atoms with Gasteiger partial charge in [0, 0.05) is 18.3 Å². The molecule has 6 heteroatoms. The Kier molecular flexibility index (Phi) is 3.45. The summed E-state index contributed by atoms with van der Waals surface area (Å²) < 4.78 is 2.89. The van der Waals surface area contributed by atoms with Crippen molar-refractivity contribution >= 4 is 33.2 Å². The molecule has 0 radical (unpaired) electrons. The molecule has 0 saturated carbocycles. The summed E-state index contributed by atoms with van der Waals surface area (Å²) >= 11 is 4.83. The standard InChI is InChI=1S/C13H14BrN3OS/c1-17-10-4-2-3-9(8(10)7-15-17)16-13(18)11-5-6-12(14)19-11/h5-7,9H,2-4H2,1H3,(H,16,18). The highest BCUT2D eigenvalue weighted by molar-refractivity contribution is 9.11. The molecule has 1 aliphatic carbocycles. The fourth-order valence-electron chi connectivity index (χ4n) is 2.52. The van der Waals surface area contributed by atoms with Crippen molar-refractivity contribution < 1.29 is 4.79 Å². The van der Waals surface area contributed by atoms with E-state index in [2.05, 4.69) is 26.3 Å². The van der Waals surface area contributed by atoms with Crippen molar-refractivity contribution in [1.82, 2.24) is 15.1 Å². The van der Waals surface area contributed by atoms with Gasteiger partial charge in [0.25, 0.3) is 5.91 Å². The number of carbonyl (C=O) groups excluding carboxylic acids is 1. The van der Waals surface area contributed by atoms with E-state index in [1.54, 1.807) is 0 Å². The van der Waals surface area contributed by atoms with Gasteiger partial charge in [0.2, 0.25) is 0 Å². The van der Waals surface area contributed by atoms with Crippen molar-refractivity contribution in [3.8, 4) is 0 Å². The lowest BCUT2D eigenvalue weighted by Crippen LogP contribution is -2.30. The van der Waals surface area contributed by atoms with E-state index in [1.807, 2.05) is 30.1 Å². The van der Waals surface area contributed by atoms with E-state index in [1.165, 1.54) is 17.0 Å². The molecule has 1 amide bonds. The van der Waals surface area contributed by atoms with Crippen LogP contribution in [0.2, 0.25) is 0 Å². The molecule has 1 aliphatic rings. The maximum absolute atomic E-state index is 12.2. The van der Waals surface area contributed by atoms with Gasteiger partial charge in [-0.05, 0) is 47.3 Å². The average Bonchev–Trinajstić information content (AvgIpc) is 2.98. The van der Waals surface area contributed by atoms with E-state index in [0.717, 1.165) is 33.5 Å². The van der Waals surface area contributed by atoms with E-state index in [9.17, 15) is 4.79 Å². The number of hydrogen-bond acceptors (Lipinski definition) is 3. The van der Waals surface area contributed by atoms with E-state index in [0.29, 0.717) is 0 Å². The van der Waals surface area contributed by atoms with Crippen LogP contribution in [-0.2, 0) is 13.5 Å². The molecule has 100 valence electrons. The molecule has 1 N–H and O–H groups in total. The van der Waals surface area contributed by atoms with Crippen LogP contribution >= 0.6 is 27.3 Å². The number of aromatic nitrogens is 2. The lowest BCUT2D eigenvalue weighted by atomic mass is 9.93. The molecule has 1 unspecified atom stereocenters. The number of thiophene rings is 1. The number of amides is 1. The number of nitrogens with one attached hydrogen (secondary N) is 1. The first-order chi connectivity index (χ1) is 9.15. The van der Waals surface area contributed by atoms with Gasteiger partial charge >= 0.3 is 0 Å². The zero-order chi connectivity index (χ0) is 13.4. The van der Waals surface area contributed by atoms with Gasteiger partial charge in [-0.1, -0.05) is 0 Å². The summed E-state index contributed by atoms with van der Waals surface area (Å²) in [5, 5.41) is 7.41. The first kappa shape index (κ1) is 12.9. The maximum atomic E-state index is 12.2. The number of fused-ring (bicyclic) bond motifs is 1. The lowest BCUT2D eigenvalue weighted by Gasteiger charge is -2.23. The molecule has 0 aliphatic heterocycles. The van der Waals surface area contributed by atoms with Crippen LogP contribution in [0.5, 0.6) is 0 Å². The average molecular weight is 340 g/mol. The summed E-state index contributed by atoms with van der Waals surface area (Å²) in [6.45, 7) is 0. The van der Waals surface area contributed by atoms with Crippen LogP contribution in [0.1, 0.15) is 39.8 Å². The van der Waals surface area contributed by atoms with Crippen LogP contribution < -0.4 is 5.32 Å². The quantitative estimate of drug-likeness (QED) is 0.913. The van der Waals surface area contributed by atoms with E-state index in [-0.39, 0.29) is 11.9 Å². The zero-order valence-electron chi connectivity index (χ0n) is 10.5. The number of nitrogens with zero attached hydrogens (tertiary/aromatic N) is 2. The SMILES string of the molecule is Cn1ncc2c1CCCC2NC(=O)c1ccc(Br)s1. The van der Waals surface area contributed by atoms with Gasteiger partial charge in [0.1, 0.15) is 0 Å². The number of rotatable bonds is 2. The van der Waals surface area contributed by atoms with Crippen molar-refractivity contribution in [2.45, 2.75) is 25.3 Å². The second kappa shape index (κ2) is 5.09. The van der Waals surface area contributed by atoms with Crippen LogP contribution in [0.3, 0.4) is 0 Å². The minimum atomic E-state index is -0.00240. The van der Waals surface area contributed by atoms with Crippen molar-refractivity contribution in [1.29, 1.82) is 0 Å². The Balaban J connectivity index is 1.79. The molecule has 4 nitrogen and oxygen atoms in total. The van der Waals surface area contributed by atoms with Crippen LogP contribution in [0.15, 0.2) is 22.1 Å². The summed E-state index contributed by atoms with van der Waals surface area (Å²) in [6, 6.07) is 3.83. The molecule has 2 aromatic heterocycles. The first-order valence-corrected chi connectivity index (χ1v) is 7.83. The third-order valence-corrected chi connectivity index (χ3v) is 5.10. The summed E-state index contributed by atoms with van der Waals surface area (Å²) in [4.78, 5) is 12.9. The summed E-state index contributed by atoms with van der Waals surface area (Å²) in [6.07, 6.45) is 5.00. The Hall–Kier alpha value is -1.14. The number of halogens is 1. The minimum absolute atomic E-state index is 0.00240. The predicted octanol–water partition coefficient (Wildman–Crippen LogP) is 3.05. The number of carbonyl (C=O) groups is 1. The van der Waals surface area contributed by atoms with Gasteiger partial charge in [-0.15, -0.1) is 11.3 Å². The molecule has 1 atom stereocenters. The fourth-order valence-corrected chi connectivity index (χ4v) is 3.81. The maximum Gasteiger partial charge on any atom is 0.261 e. The smallest absolute Gasteiger partial charge is 0.261 e. The first-order valence-electron chi connectivity index (χ1n) is 6.22. The van der Waals surface area contributed by atoms with Gasteiger partial charge in [0.15, 0.2) is 0 Å². The van der Waals surface area contributed by atoms with Crippen LogP contribution in [0.4, 0.5) is 0 Å². The molecule has 3 rings (SSSR count). The van der Waals surface area contributed by atoms with E-state index >= 15 is 0 Å². The Bertz CT molecular complexity index is 619. The lowest BCUT2D eigenvalue weighted by molar-refractivity contribution is 0.0937. The fraction of sp³-hybridized carbons (Fsp3) is 0.385. The van der Waals surface area contributed by atoms with Crippen molar-refractivity contribution in [2.75, 3.05) is 0 Å². The Morgan fingerprint density at radius 1 is 1.58 bits per heavy atom. The van der Waals surface area contributed by atoms with Crippen molar-refractivity contribution in [3.63, 3.8) is 0 Å². The second-order valence-electron chi connectivity index (χ2n) is 4.69. The van der Waals surface area contributed by atoms with Gasteiger partial charge in [-0.2, -0.15) is 5.10 Å². The monoisotopic (exact) mass is 339 g/mol. The number of aryl methyl sites for hydroxylation is 1. The molecule has 0 bridgehead atoms. The summed E-state index contributed by atoms with van der Waals surface area (Å²) in [7, 11) is 1.96. The largest absolute Gasteiger partial charge is 0.344 e. The molecule has 2 heterocycles. The Morgan fingerprint density at radius 3 is 3.16 bits per heavy atom. The molecular weight excluding hydrogens is 326 g/mol. The molecule has 2 aromatic rings. The zero-order valence-corrected chi connectivity index (χ0v) is 12.9. The summed E-state index contributed by atoms with van der Waals surface area (Å²) in [5.74, 6) is -0.00240. The van der Waals surface area contributed by atoms with Crippen LogP contribution in [0, 0.1) is 0 Å². The second-order valence-corrected chi connectivity index (χ2v) is 7.16. The van der Waals surface area contributed by atoms with Gasteiger partial charge in [-0.3, -0.25) is 9.48 Å². The van der Waals surface area contributed by atoms with E-state index in [4.69, 9.17) is 0 Å². The predicted molar refractivity (Wildman–Crippen MR) is 78.4 cm³/mol. The van der Waals surface area contributed by atoms with E-state index < -0.39 is 0 Å². The molecule has 0 aromatic carbocycles. The molecule has 0 fully saturated rings. The third-order valence-electron chi connectivity index (χ3n) is 3.48. The summed E-state index contributed by atoms with van der Waals surface area (Å²) in [5.41, 5.74) is 2.40. The van der Waals surface area contributed by atoms with Crippen molar-refractivity contribution in [2.24, 2.45) is 7.05 Å². The molecule has 0 saturated heterocycles. The van der Waals surface area contributed by atoms with Crippen LogP contribution in [-0.4, -0.2) is 15.7 Å². The highest BCUT2D eigenvalue weighted by Crippen LogP contribution is 2.30. The normalized spacial score (nSPS) is 18.1. The molecule has 0 spiro atoms. The molecular formula is C13H14BrN3OS. The van der Waals surface area contributed by atoms with Gasteiger partial charge in [-0.25, -0.2) is 0 Å². The van der Waals surface area contributed by atoms with Gasteiger partial charge in [0.05, 0.1) is 20.9 Å². The highest BCUT2D eigenvalue weighted by Gasteiger charge is 2.25. The molecule has 19 heavy (non-hydrogen) atoms.